The minimum atomic E-state index is -3.59. The second-order valence-electron chi connectivity index (χ2n) is 6.53. The molecular weight excluding hydrogens is 380 g/mol. The molecule has 1 N–H and O–H groups in total. The molecule has 0 fully saturated rings. The van der Waals surface area contributed by atoms with Crippen LogP contribution >= 0.6 is 0 Å². The van der Waals surface area contributed by atoms with Crippen LogP contribution in [0.25, 0.3) is 0 Å². The normalized spacial score (nSPS) is 11.2. The van der Waals surface area contributed by atoms with E-state index < -0.39 is 15.9 Å². The highest BCUT2D eigenvalue weighted by atomic mass is 32.2. The Balaban J connectivity index is 2.05. The van der Waals surface area contributed by atoms with E-state index in [1.165, 1.54) is 0 Å². The van der Waals surface area contributed by atoms with Gasteiger partial charge in [0.15, 0.2) is 11.5 Å². The van der Waals surface area contributed by atoms with Gasteiger partial charge in [0.25, 0.3) is 0 Å². The lowest BCUT2D eigenvalue weighted by atomic mass is 10.2. The van der Waals surface area contributed by atoms with Crippen LogP contribution < -0.4 is 19.1 Å². The number of carbonyl (C=O) groups excluding carboxylic acids is 1. The van der Waals surface area contributed by atoms with E-state index in [1.807, 2.05) is 19.9 Å². The van der Waals surface area contributed by atoms with Crippen molar-refractivity contribution in [2.45, 2.75) is 26.5 Å². The third-order valence-corrected chi connectivity index (χ3v) is 4.95. The number of hydrogen-bond donors (Lipinski definition) is 1. The molecule has 0 aliphatic rings. The molecule has 0 aliphatic carbocycles. The summed E-state index contributed by atoms with van der Waals surface area (Å²) in [7, 11) is -2.04. The van der Waals surface area contributed by atoms with Crippen molar-refractivity contribution in [3.05, 3.63) is 54.1 Å². The van der Waals surface area contributed by atoms with Gasteiger partial charge in [0.05, 0.1) is 25.2 Å². The number of carbonyl (C=O) groups is 1. The molecule has 0 bridgehead atoms. The highest BCUT2D eigenvalue weighted by Crippen LogP contribution is 2.29. The number of amides is 1. The molecule has 0 saturated heterocycles. The van der Waals surface area contributed by atoms with Crippen LogP contribution in [0, 0.1) is 0 Å². The van der Waals surface area contributed by atoms with Gasteiger partial charge in [0.1, 0.15) is 6.54 Å². The zero-order valence-electron chi connectivity index (χ0n) is 16.5. The van der Waals surface area contributed by atoms with Crippen molar-refractivity contribution < 1.29 is 22.7 Å². The second-order valence-corrected chi connectivity index (χ2v) is 8.44. The maximum absolute atomic E-state index is 12.3. The highest BCUT2D eigenvalue weighted by molar-refractivity contribution is 7.92. The van der Waals surface area contributed by atoms with Gasteiger partial charge in [-0.25, -0.2) is 8.42 Å². The van der Waals surface area contributed by atoms with E-state index in [9.17, 15) is 13.2 Å². The fourth-order valence-electron chi connectivity index (χ4n) is 2.55. The summed E-state index contributed by atoms with van der Waals surface area (Å²) in [6, 6.07) is 13.9. The summed E-state index contributed by atoms with van der Waals surface area (Å²) < 4.78 is 36.2. The van der Waals surface area contributed by atoms with Gasteiger partial charge in [-0.3, -0.25) is 9.10 Å². The molecule has 2 aromatic carbocycles. The maximum Gasteiger partial charge on any atom is 0.241 e. The Morgan fingerprint density at radius 3 is 2.36 bits per heavy atom. The van der Waals surface area contributed by atoms with Gasteiger partial charge in [-0.2, -0.15) is 0 Å². The van der Waals surface area contributed by atoms with E-state index >= 15 is 0 Å². The van der Waals surface area contributed by atoms with Crippen molar-refractivity contribution in [3.8, 4) is 11.5 Å². The standard InChI is InChI=1S/C20H26N2O5S/c1-15(2)27-18-11-10-16(12-19(18)26-3)13-21-20(23)14-22(28(4,24)25)17-8-6-5-7-9-17/h5-12,15H,13-14H2,1-4H3,(H,21,23). The highest BCUT2D eigenvalue weighted by Gasteiger charge is 2.20. The summed E-state index contributed by atoms with van der Waals surface area (Å²) >= 11 is 0. The van der Waals surface area contributed by atoms with Gasteiger partial charge >= 0.3 is 0 Å². The van der Waals surface area contributed by atoms with Crippen LogP contribution in [0.15, 0.2) is 48.5 Å². The minimum absolute atomic E-state index is 0.0133. The molecule has 2 aromatic rings. The van der Waals surface area contributed by atoms with E-state index in [0.717, 1.165) is 16.1 Å². The van der Waals surface area contributed by atoms with Crippen molar-refractivity contribution in [3.63, 3.8) is 0 Å². The Morgan fingerprint density at radius 1 is 1.11 bits per heavy atom. The summed E-state index contributed by atoms with van der Waals surface area (Å²) in [5.41, 5.74) is 1.25. The maximum atomic E-state index is 12.3. The average Bonchev–Trinajstić information content (AvgIpc) is 2.64. The molecule has 0 aromatic heterocycles. The summed E-state index contributed by atoms with van der Waals surface area (Å²) in [5, 5.41) is 2.74. The smallest absolute Gasteiger partial charge is 0.241 e. The summed E-state index contributed by atoms with van der Waals surface area (Å²) in [6.45, 7) is 3.79. The Labute approximate surface area is 166 Å². The van der Waals surface area contributed by atoms with Crippen molar-refractivity contribution in [1.29, 1.82) is 0 Å². The van der Waals surface area contributed by atoms with Gasteiger partial charge < -0.3 is 14.8 Å². The van der Waals surface area contributed by atoms with Crippen LogP contribution in [0.5, 0.6) is 11.5 Å². The van der Waals surface area contributed by atoms with Crippen molar-refractivity contribution in [1.82, 2.24) is 5.32 Å². The fourth-order valence-corrected chi connectivity index (χ4v) is 3.41. The van der Waals surface area contributed by atoms with Gasteiger partial charge in [0, 0.05) is 6.54 Å². The van der Waals surface area contributed by atoms with E-state index in [0.29, 0.717) is 17.2 Å². The van der Waals surface area contributed by atoms with E-state index in [-0.39, 0.29) is 19.2 Å². The van der Waals surface area contributed by atoms with Crippen molar-refractivity contribution >= 4 is 21.6 Å². The van der Waals surface area contributed by atoms with Gasteiger partial charge in [-0.1, -0.05) is 24.3 Å². The molecule has 2 rings (SSSR count). The van der Waals surface area contributed by atoms with Gasteiger partial charge in [-0.15, -0.1) is 0 Å². The van der Waals surface area contributed by atoms with Crippen LogP contribution in [-0.4, -0.2) is 40.3 Å². The monoisotopic (exact) mass is 406 g/mol. The molecule has 0 aliphatic heterocycles. The van der Waals surface area contributed by atoms with E-state index in [2.05, 4.69) is 5.32 Å². The van der Waals surface area contributed by atoms with Crippen LogP contribution in [0.3, 0.4) is 0 Å². The molecule has 28 heavy (non-hydrogen) atoms. The third kappa shape index (κ3) is 6.16. The number of rotatable bonds is 9. The molecule has 0 atom stereocenters. The number of anilines is 1. The Bertz CT molecular complexity index is 898. The van der Waals surface area contributed by atoms with Crippen LogP contribution in [-0.2, 0) is 21.4 Å². The quantitative estimate of drug-likeness (QED) is 0.692. The molecule has 1 amide bonds. The van der Waals surface area contributed by atoms with E-state index in [1.54, 1.807) is 49.6 Å². The van der Waals surface area contributed by atoms with Crippen LogP contribution in [0.4, 0.5) is 5.69 Å². The first-order chi connectivity index (χ1) is 13.2. The summed E-state index contributed by atoms with van der Waals surface area (Å²) in [6.07, 6.45) is 1.09. The summed E-state index contributed by atoms with van der Waals surface area (Å²) in [5.74, 6) is 0.790. The average molecular weight is 407 g/mol. The first-order valence-corrected chi connectivity index (χ1v) is 10.7. The molecule has 8 heteroatoms. The zero-order chi connectivity index (χ0) is 20.7. The molecule has 0 heterocycles. The number of nitrogens with one attached hydrogen (secondary N) is 1. The Kier molecular flexibility index (Phi) is 7.28. The predicted octanol–water partition coefficient (Wildman–Crippen LogP) is 2.56. The van der Waals surface area contributed by atoms with Crippen LogP contribution in [0.2, 0.25) is 0 Å². The Morgan fingerprint density at radius 2 is 1.79 bits per heavy atom. The first-order valence-electron chi connectivity index (χ1n) is 8.83. The molecule has 152 valence electrons. The third-order valence-electron chi connectivity index (χ3n) is 3.81. The fraction of sp³-hybridized carbons (Fsp3) is 0.350. The van der Waals surface area contributed by atoms with Crippen LogP contribution in [0.1, 0.15) is 19.4 Å². The molecule has 0 radical (unpaired) electrons. The molecule has 0 unspecified atom stereocenters. The molecule has 7 nitrogen and oxygen atoms in total. The summed E-state index contributed by atoms with van der Waals surface area (Å²) in [4.78, 5) is 12.3. The number of methoxy groups -OCH3 is 1. The number of para-hydroxylation sites is 1. The lowest BCUT2D eigenvalue weighted by Crippen LogP contribution is -2.40. The number of ether oxygens (including phenoxy) is 2. The van der Waals surface area contributed by atoms with Crippen molar-refractivity contribution in [2.24, 2.45) is 0 Å². The minimum Gasteiger partial charge on any atom is -0.493 e. The first kappa shape index (κ1) is 21.6. The predicted molar refractivity (Wildman–Crippen MR) is 109 cm³/mol. The Hall–Kier alpha value is -2.74. The SMILES string of the molecule is COc1cc(CNC(=O)CN(c2ccccc2)S(C)(=O)=O)ccc1OC(C)C. The number of nitrogens with zero attached hydrogens (tertiary/aromatic N) is 1. The van der Waals surface area contributed by atoms with E-state index in [4.69, 9.17) is 9.47 Å². The molecule has 0 saturated carbocycles. The second kappa shape index (κ2) is 9.45. The number of hydrogen-bond acceptors (Lipinski definition) is 5. The molecular formula is C20H26N2O5S. The zero-order valence-corrected chi connectivity index (χ0v) is 17.3. The lowest BCUT2D eigenvalue weighted by molar-refractivity contribution is -0.119. The van der Waals surface area contributed by atoms with Gasteiger partial charge in [-0.05, 0) is 43.7 Å². The molecule has 0 spiro atoms. The largest absolute Gasteiger partial charge is 0.493 e. The van der Waals surface area contributed by atoms with Crippen molar-refractivity contribution in [2.75, 3.05) is 24.2 Å². The number of benzene rings is 2. The lowest BCUT2D eigenvalue weighted by Gasteiger charge is -2.21. The number of sulfonamides is 1. The topological polar surface area (TPSA) is 84.9 Å². The van der Waals surface area contributed by atoms with Gasteiger partial charge in [0.2, 0.25) is 15.9 Å².